The van der Waals surface area contributed by atoms with Crippen molar-refractivity contribution in [2.45, 2.75) is 25.7 Å². The van der Waals surface area contributed by atoms with E-state index in [2.05, 4.69) is 10.1 Å². The van der Waals surface area contributed by atoms with Gasteiger partial charge in [0.1, 0.15) is 17.5 Å². The molecule has 7 nitrogen and oxygen atoms in total. The summed E-state index contributed by atoms with van der Waals surface area (Å²) in [5, 5.41) is 2.52. The number of benzene rings is 2. The molecule has 1 amide bonds. The Bertz CT molecular complexity index is 961. The van der Waals surface area contributed by atoms with Gasteiger partial charge < -0.3 is 14.8 Å². The molecule has 1 N–H and O–H groups in total. The third-order valence-electron chi connectivity index (χ3n) is 4.01. The van der Waals surface area contributed by atoms with Crippen LogP contribution in [0.5, 0.6) is 11.5 Å². The van der Waals surface area contributed by atoms with Crippen molar-refractivity contribution in [3.63, 3.8) is 0 Å². The Morgan fingerprint density at radius 3 is 2.03 bits per heavy atom. The maximum atomic E-state index is 12.8. The van der Waals surface area contributed by atoms with Crippen LogP contribution in [0.1, 0.15) is 13.3 Å². The van der Waals surface area contributed by atoms with Crippen molar-refractivity contribution in [3.8, 4) is 11.5 Å². The first-order valence-corrected chi connectivity index (χ1v) is 10.6. The fraction of sp³-hybridized carbons (Fsp3) is 0.316. The minimum Gasteiger partial charge on any atom is -0.497 e. The molecule has 0 aromatic heterocycles. The molecule has 2 aromatic rings. The predicted octanol–water partition coefficient (Wildman–Crippen LogP) is 3.78. The third kappa shape index (κ3) is 6.28. The summed E-state index contributed by atoms with van der Waals surface area (Å²) in [6.45, 7) is 1.65. The van der Waals surface area contributed by atoms with Gasteiger partial charge in [-0.3, -0.25) is 9.10 Å². The molecule has 0 heterocycles. The second-order valence-electron chi connectivity index (χ2n) is 6.24. The Balaban J connectivity index is 2.25. The quantitative estimate of drug-likeness (QED) is 0.667. The van der Waals surface area contributed by atoms with E-state index in [0.717, 1.165) is 22.7 Å². The summed E-state index contributed by atoms with van der Waals surface area (Å²) in [5.41, 5.74) is 0.463. The SMILES string of the molecule is CC[C@@H](C(=O)Nc1ccc(OC(F)(F)F)cc1)N(c1ccc(OC)cc1)S(C)(=O)=O. The zero-order valence-corrected chi connectivity index (χ0v) is 17.3. The zero-order valence-electron chi connectivity index (χ0n) is 16.4. The number of methoxy groups -OCH3 is 1. The van der Waals surface area contributed by atoms with E-state index < -0.39 is 34.1 Å². The van der Waals surface area contributed by atoms with Crippen molar-refractivity contribution in [3.05, 3.63) is 48.5 Å². The van der Waals surface area contributed by atoms with Crippen LogP contribution in [0.4, 0.5) is 24.5 Å². The molecular formula is C19H21F3N2O5S. The van der Waals surface area contributed by atoms with E-state index in [1.54, 1.807) is 19.1 Å². The van der Waals surface area contributed by atoms with Crippen LogP contribution >= 0.6 is 0 Å². The van der Waals surface area contributed by atoms with Gasteiger partial charge in [-0.15, -0.1) is 13.2 Å². The predicted molar refractivity (Wildman–Crippen MR) is 106 cm³/mol. The van der Waals surface area contributed by atoms with E-state index >= 15 is 0 Å². The monoisotopic (exact) mass is 446 g/mol. The van der Waals surface area contributed by atoms with E-state index in [9.17, 15) is 26.4 Å². The number of nitrogens with zero attached hydrogens (tertiary/aromatic N) is 1. The average molecular weight is 446 g/mol. The second kappa shape index (κ2) is 9.24. The number of sulfonamides is 1. The number of amides is 1. The van der Waals surface area contributed by atoms with Gasteiger partial charge in [-0.1, -0.05) is 6.92 Å². The van der Waals surface area contributed by atoms with Gasteiger partial charge in [0.15, 0.2) is 0 Å². The van der Waals surface area contributed by atoms with Gasteiger partial charge >= 0.3 is 6.36 Å². The molecule has 0 aliphatic heterocycles. The van der Waals surface area contributed by atoms with Crippen LogP contribution in [-0.2, 0) is 14.8 Å². The number of hydrogen-bond acceptors (Lipinski definition) is 5. The van der Waals surface area contributed by atoms with Crippen LogP contribution in [0, 0.1) is 0 Å². The smallest absolute Gasteiger partial charge is 0.497 e. The summed E-state index contributed by atoms with van der Waals surface area (Å²) < 4.78 is 71.4. The van der Waals surface area contributed by atoms with Crippen molar-refractivity contribution in [1.82, 2.24) is 0 Å². The number of carbonyl (C=O) groups excluding carboxylic acids is 1. The number of rotatable bonds is 8. The molecule has 0 aliphatic rings. The number of carbonyl (C=O) groups is 1. The van der Waals surface area contributed by atoms with Crippen molar-refractivity contribution < 1.29 is 35.9 Å². The lowest BCUT2D eigenvalue weighted by Crippen LogP contribution is -2.46. The van der Waals surface area contributed by atoms with E-state index in [-0.39, 0.29) is 17.8 Å². The van der Waals surface area contributed by atoms with Gasteiger partial charge in [-0.2, -0.15) is 0 Å². The summed E-state index contributed by atoms with van der Waals surface area (Å²) in [6.07, 6.45) is -3.69. The molecule has 1 atom stereocenters. The van der Waals surface area contributed by atoms with Crippen LogP contribution in [0.2, 0.25) is 0 Å². The molecule has 0 saturated carbocycles. The average Bonchev–Trinajstić information content (AvgIpc) is 2.65. The number of anilines is 2. The van der Waals surface area contributed by atoms with Crippen molar-refractivity contribution in [2.75, 3.05) is 23.0 Å². The molecule has 0 spiro atoms. The summed E-state index contributed by atoms with van der Waals surface area (Å²) in [7, 11) is -2.36. The second-order valence-corrected chi connectivity index (χ2v) is 8.10. The highest BCUT2D eigenvalue weighted by atomic mass is 32.2. The Morgan fingerprint density at radius 2 is 1.60 bits per heavy atom. The largest absolute Gasteiger partial charge is 0.573 e. The number of alkyl halides is 3. The molecule has 0 unspecified atom stereocenters. The molecular weight excluding hydrogens is 425 g/mol. The summed E-state index contributed by atoms with van der Waals surface area (Å²) in [6, 6.07) is 9.62. The Labute approximate surface area is 172 Å². The molecule has 2 rings (SSSR count). The topological polar surface area (TPSA) is 84.9 Å². The van der Waals surface area contributed by atoms with Crippen molar-refractivity contribution in [1.29, 1.82) is 0 Å². The first-order chi connectivity index (χ1) is 13.9. The van der Waals surface area contributed by atoms with Gasteiger partial charge in [0.05, 0.1) is 19.1 Å². The lowest BCUT2D eigenvalue weighted by Gasteiger charge is -2.30. The van der Waals surface area contributed by atoms with Crippen LogP contribution < -0.4 is 19.1 Å². The van der Waals surface area contributed by atoms with Gasteiger partial charge in [0.25, 0.3) is 0 Å². The van der Waals surface area contributed by atoms with Gasteiger partial charge in [0.2, 0.25) is 15.9 Å². The molecule has 0 bridgehead atoms. The lowest BCUT2D eigenvalue weighted by molar-refractivity contribution is -0.274. The first-order valence-electron chi connectivity index (χ1n) is 8.74. The van der Waals surface area contributed by atoms with Gasteiger partial charge in [0, 0.05) is 5.69 Å². The molecule has 0 fully saturated rings. The van der Waals surface area contributed by atoms with Crippen molar-refractivity contribution in [2.24, 2.45) is 0 Å². The summed E-state index contributed by atoms with van der Waals surface area (Å²) >= 11 is 0. The van der Waals surface area contributed by atoms with Gasteiger partial charge in [-0.25, -0.2) is 8.42 Å². The van der Waals surface area contributed by atoms with E-state index in [4.69, 9.17) is 4.74 Å². The maximum Gasteiger partial charge on any atom is 0.573 e. The Kier molecular flexibility index (Phi) is 7.19. The molecule has 2 aromatic carbocycles. The molecule has 0 aliphatic carbocycles. The normalized spacial score (nSPS) is 12.7. The fourth-order valence-electron chi connectivity index (χ4n) is 2.75. The standard InChI is InChI=1S/C19H21F3N2O5S/c1-4-17(24(30(3,26)27)14-7-11-15(28-2)12-8-14)18(25)23-13-5-9-16(10-6-13)29-19(20,21)22/h5-12,17H,4H2,1-3H3,(H,23,25)/t17-/m0/s1. The summed E-state index contributed by atoms with van der Waals surface area (Å²) in [5.74, 6) is -0.558. The van der Waals surface area contributed by atoms with E-state index in [0.29, 0.717) is 5.75 Å². The number of hydrogen-bond donors (Lipinski definition) is 1. The molecule has 0 saturated heterocycles. The van der Waals surface area contributed by atoms with Crippen LogP contribution in [-0.4, -0.2) is 40.1 Å². The zero-order chi connectivity index (χ0) is 22.5. The minimum atomic E-state index is -4.83. The van der Waals surface area contributed by atoms with Crippen molar-refractivity contribution >= 4 is 27.3 Å². The first kappa shape index (κ1) is 23.3. The number of ether oxygens (including phenoxy) is 2. The van der Waals surface area contributed by atoms with E-state index in [1.807, 2.05) is 0 Å². The molecule has 11 heteroatoms. The minimum absolute atomic E-state index is 0.153. The van der Waals surface area contributed by atoms with Crippen LogP contribution in [0.3, 0.4) is 0 Å². The number of halogens is 3. The summed E-state index contributed by atoms with van der Waals surface area (Å²) in [4.78, 5) is 12.8. The molecule has 0 radical (unpaired) electrons. The van der Waals surface area contributed by atoms with Crippen LogP contribution in [0.15, 0.2) is 48.5 Å². The number of nitrogens with one attached hydrogen (secondary N) is 1. The third-order valence-corrected chi connectivity index (χ3v) is 5.19. The fourth-order valence-corrected chi connectivity index (χ4v) is 3.97. The highest BCUT2D eigenvalue weighted by Crippen LogP contribution is 2.27. The lowest BCUT2D eigenvalue weighted by atomic mass is 10.1. The Hall–Kier alpha value is -2.95. The van der Waals surface area contributed by atoms with Gasteiger partial charge in [-0.05, 0) is 55.0 Å². The Morgan fingerprint density at radius 1 is 1.07 bits per heavy atom. The van der Waals surface area contributed by atoms with E-state index in [1.165, 1.54) is 31.4 Å². The molecule has 164 valence electrons. The highest BCUT2D eigenvalue weighted by Gasteiger charge is 2.32. The molecule has 30 heavy (non-hydrogen) atoms. The maximum absolute atomic E-state index is 12.8. The van der Waals surface area contributed by atoms with Crippen LogP contribution in [0.25, 0.3) is 0 Å². The highest BCUT2D eigenvalue weighted by molar-refractivity contribution is 7.92.